The number of nitrogens with one attached hydrogen (secondary N) is 1. The maximum atomic E-state index is 11.4. The van der Waals surface area contributed by atoms with Gasteiger partial charge in [0, 0.05) is 5.56 Å². The number of furan rings is 1. The second-order valence-corrected chi connectivity index (χ2v) is 5.47. The van der Waals surface area contributed by atoms with Gasteiger partial charge < -0.3 is 29.1 Å². The Morgan fingerprint density at radius 1 is 1.26 bits per heavy atom. The van der Waals surface area contributed by atoms with Gasteiger partial charge in [0.1, 0.15) is 12.4 Å². The van der Waals surface area contributed by atoms with Crippen molar-refractivity contribution >= 4 is 29.5 Å². The molecule has 0 aliphatic heterocycles. The van der Waals surface area contributed by atoms with Crippen LogP contribution in [0.3, 0.4) is 0 Å². The topological polar surface area (TPSA) is 118 Å². The molecule has 10 heteroatoms. The molecule has 1 aromatic heterocycles. The summed E-state index contributed by atoms with van der Waals surface area (Å²) in [4.78, 5) is 11.4. The van der Waals surface area contributed by atoms with E-state index in [1.54, 1.807) is 18.2 Å². The molecule has 0 radical (unpaired) electrons. The number of nitrogens with zero attached hydrogens (tertiary/aromatic N) is 1. The first-order valence-electron chi connectivity index (χ1n) is 7.62. The standard InChI is InChI=1S/C17H19N3O6S/c1-22-13-6-10(8-19-20-17(18)27)7-14(23-2)15(13)25-9-11-4-5-12(26-11)16(21)24-3/h4-8H,9H2,1-3H3,(H3,18,20,27). The van der Waals surface area contributed by atoms with E-state index < -0.39 is 5.97 Å². The van der Waals surface area contributed by atoms with E-state index >= 15 is 0 Å². The maximum Gasteiger partial charge on any atom is 0.373 e. The lowest BCUT2D eigenvalue weighted by Gasteiger charge is -2.14. The van der Waals surface area contributed by atoms with Crippen LogP contribution < -0.4 is 25.4 Å². The van der Waals surface area contributed by atoms with E-state index in [2.05, 4.69) is 27.5 Å². The highest BCUT2D eigenvalue weighted by molar-refractivity contribution is 7.80. The summed E-state index contributed by atoms with van der Waals surface area (Å²) in [7, 11) is 4.27. The number of carbonyl (C=O) groups is 1. The number of methoxy groups -OCH3 is 3. The normalized spacial score (nSPS) is 10.5. The first kappa shape index (κ1) is 20.0. The van der Waals surface area contributed by atoms with E-state index in [9.17, 15) is 4.79 Å². The number of benzene rings is 1. The Hall–Kier alpha value is -3.27. The lowest BCUT2D eigenvalue weighted by atomic mass is 10.2. The summed E-state index contributed by atoms with van der Waals surface area (Å²) in [6.07, 6.45) is 1.50. The Morgan fingerprint density at radius 2 is 1.93 bits per heavy atom. The van der Waals surface area contributed by atoms with Gasteiger partial charge in [-0.2, -0.15) is 5.10 Å². The van der Waals surface area contributed by atoms with Crippen molar-refractivity contribution in [2.24, 2.45) is 10.8 Å². The van der Waals surface area contributed by atoms with Crippen LogP contribution in [-0.4, -0.2) is 38.6 Å². The smallest absolute Gasteiger partial charge is 0.373 e. The van der Waals surface area contributed by atoms with Crippen LogP contribution in [0.15, 0.2) is 33.8 Å². The molecule has 27 heavy (non-hydrogen) atoms. The van der Waals surface area contributed by atoms with Crippen molar-refractivity contribution in [2.45, 2.75) is 6.61 Å². The van der Waals surface area contributed by atoms with Crippen molar-refractivity contribution in [1.29, 1.82) is 0 Å². The molecule has 1 heterocycles. The second kappa shape index (κ2) is 9.43. The molecule has 0 spiro atoms. The number of hydrogen-bond donors (Lipinski definition) is 2. The van der Waals surface area contributed by atoms with Gasteiger partial charge in [-0.25, -0.2) is 4.79 Å². The summed E-state index contributed by atoms with van der Waals surface area (Å²) in [5.74, 6) is 1.18. The van der Waals surface area contributed by atoms with Gasteiger partial charge in [0.05, 0.1) is 27.5 Å². The quantitative estimate of drug-likeness (QED) is 0.300. The van der Waals surface area contributed by atoms with E-state index in [0.29, 0.717) is 28.6 Å². The molecule has 144 valence electrons. The number of thiocarbonyl (C=S) groups is 1. The minimum Gasteiger partial charge on any atom is -0.493 e. The Kier molecular flexibility index (Phi) is 7.00. The van der Waals surface area contributed by atoms with E-state index in [4.69, 9.17) is 24.4 Å². The zero-order chi connectivity index (χ0) is 19.8. The maximum absolute atomic E-state index is 11.4. The van der Waals surface area contributed by atoms with Crippen LogP contribution in [-0.2, 0) is 11.3 Å². The summed E-state index contributed by atoms with van der Waals surface area (Å²) in [5, 5.41) is 3.94. The zero-order valence-electron chi connectivity index (χ0n) is 15.0. The van der Waals surface area contributed by atoms with Crippen molar-refractivity contribution in [3.05, 3.63) is 41.3 Å². The van der Waals surface area contributed by atoms with Gasteiger partial charge in [-0.15, -0.1) is 0 Å². The molecule has 3 N–H and O–H groups in total. The highest BCUT2D eigenvalue weighted by atomic mass is 32.1. The van der Waals surface area contributed by atoms with Gasteiger partial charge in [0.2, 0.25) is 11.5 Å². The van der Waals surface area contributed by atoms with Gasteiger partial charge in [-0.05, 0) is 36.5 Å². The summed E-state index contributed by atoms with van der Waals surface area (Å²) >= 11 is 4.68. The van der Waals surface area contributed by atoms with E-state index in [1.165, 1.54) is 33.6 Å². The fourth-order valence-electron chi connectivity index (χ4n) is 2.10. The molecule has 1 aromatic carbocycles. The van der Waals surface area contributed by atoms with Gasteiger partial charge in [-0.1, -0.05) is 0 Å². The molecule has 2 rings (SSSR count). The van der Waals surface area contributed by atoms with Crippen LogP contribution in [0.5, 0.6) is 17.2 Å². The third kappa shape index (κ3) is 5.35. The minimum atomic E-state index is -0.564. The molecule has 0 amide bonds. The van der Waals surface area contributed by atoms with Gasteiger partial charge in [0.25, 0.3) is 0 Å². The van der Waals surface area contributed by atoms with Crippen molar-refractivity contribution in [1.82, 2.24) is 5.43 Å². The second-order valence-electron chi connectivity index (χ2n) is 5.04. The van der Waals surface area contributed by atoms with E-state index in [1.807, 2.05) is 0 Å². The van der Waals surface area contributed by atoms with Gasteiger partial charge >= 0.3 is 5.97 Å². The van der Waals surface area contributed by atoms with E-state index in [-0.39, 0.29) is 17.5 Å². The van der Waals surface area contributed by atoms with Crippen LogP contribution in [0, 0.1) is 0 Å². The van der Waals surface area contributed by atoms with Gasteiger partial charge in [-0.3, -0.25) is 5.43 Å². The summed E-state index contributed by atoms with van der Waals surface area (Å²) in [6.45, 7) is 0.0557. The number of carbonyl (C=O) groups excluding carboxylic acids is 1. The Morgan fingerprint density at radius 3 is 2.48 bits per heavy atom. The van der Waals surface area contributed by atoms with Crippen LogP contribution in [0.2, 0.25) is 0 Å². The highest BCUT2D eigenvalue weighted by Gasteiger charge is 2.16. The molecule has 9 nitrogen and oxygen atoms in total. The molecule has 0 saturated heterocycles. The van der Waals surface area contributed by atoms with Crippen LogP contribution in [0.25, 0.3) is 0 Å². The van der Waals surface area contributed by atoms with Crippen molar-refractivity contribution < 1.29 is 28.2 Å². The third-order valence-electron chi connectivity index (χ3n) is 3.28. The first-order chi connectivity index (χ1) is 13.0. The predicted octanol–water partition coefficient (Wildman–Crippen LogP) is 1.83. The number of hydrazone groups is 1. The minimum absolute atomic E-state index is 0.0508. The van der Waals surface area contributed by atoms with Crippen molar-refractivity contribution in [3.63, 3.8) is 0 Å². The largest absolute Gasteiger partial charge is 0.493 e. The van der Waals surface area contributed by atoms with Crippen LogP contribution in [0.1, 0.15) is 21.9 Å². The number of rotatable bonds is 8. The van der Waals surface area contributed by atoms with E-state index in [0.717, 1.165) is 0 Å². The number of ether oxygens (including phenoxy) is 4. The molecule has 0 saturated carbocycles. The Bertz CT molecular complexity index is 824. The first-order valence-corrected chi connectivity index (χ1v) is 8.03. The highest BCUT2D eigenvalue weighted by Crippen LogP contribution is 2.38. The van der Waals surface area contributed by atoms with Crippen molar-refractivity contribution in [2.75, 3.05) is 21.3 Å². The van der Waals surface area contributed by atoms with Crippen LogP contribution in [0.4, 0.5) is 0 Å². The third-order valence-corrected chi connectivity index (χ3v) is 3.37. The zero-order valence-corrected chi connectivity index (χ0v) is 15.8. The predicted molar refractivity (Wildman–Crippen MR) is 101 cm³/mol. The Balaban J connectivity index is 2.19. The molecule has 0 bridgehead atoms. The Labute approximate surface area is 161 Å². The molecule has 0 atom stereocenters. The number of esters is 1. The average molecular weight is 393 g/mol. The molecule has 0 fully saturated rings. The summed E-state index contributed by atoms with van der Waals surface area (Å²) in [6, 6.07) is 6.52. The average Bonchev–Trinajstić information content (AvgIpc) is 3.14. The molecule has 0 unspecified atom stereocenters. The van der Waals surface area contributed by atoms with Crippen LogP contribution >= 0.6 is 12.2 Å². The lowest BCUT2D eigenvalue weighted by Crippen LogP contribution is -2.23. The van der Waals surface area contributed by atoms with Gasteiger partial charge in [0.15, 0.2) is 16.6 Å². The fourth-order valence-corrected chi connectivity index (χ4v) is 2.15. The molecular formula is C17H19N3O6S. The molecule has 0 aliphatic rings. The fraction of sp³-hybridized carbons (Fsp3) is 0.235. The summed E-state index contributed by atoms with van der Waals surface area (Å²) in [5.41, 5.74) is 8.45. The molecule has 0 aliphatic carbocycles. The SMILES string of the molecule is COC(=O)c1ccc(COc2c(OC)cc(C=NNC(N)=S)cc2OC)o1. The molecule has 2 aromatic rings. The monoisotopic (exact) mass is 393 g/mol. The molecular weight excluding hydrogens is 374 g/mol. The number of hydrogen-bond acceptors (Lipinski definition) is 8. The summed E-state index contributed by atoms with van der Waals surface area (Å²) < 4.78 is 26.5. The van der Waals surface area contributed by atoms with Crippen molar-refractivity contribution in [3.8, 4) is 17.2 Å². The number of nitrogens with two attached hydrogens (primary N) is 1. The lowest BCUT2D eigenvalue weighted by molar-refractivity contribution is 0.0560.